The number of carbonyl (C=O) groups is 2. The number of benzene rings is 1. The van der Waals surface area contributed by atoms with E-state index in [0.29, 0.717) is 11.4 Å². The lowest BCUT2D eigenvalue weighted by atomic mass is 10.1. The van der Waals surface area contributed by atoms with Gasteiger partial charge in [0.05, 0.1) is 24.0 Å². The van der Waals surface area contributed by atoms with Gasteiger partial charge in [-0.05, 0) is 30.7 Å². The Hall–Kier alpha value is -3.22. The van der Waals surface area contributed by atoms with Gasteiger partial charge in [-0.1, -0.05) is 12.1 Å². The van der Waals surface area contributed by atoms with Crippen molar-refractivity contribution in [3.8, 4) is 0 Å². The van der Waals surface area contributed by atoms with Crippen molar-refractivity contribution in [1.29, 1.82) is 0 Å². The molecule has 0 fully saturated rings. The van der Waals surface area contributed by atoms with Gasteiger partial charge in [0.25, 0.3) is 0 Å². The molecule has 0 atom stereocenters. The molecule has 0 radical (unpaired) electrons. The van der Waals surface area contributed by atoms with Crippen LogP contribution >= 0.6 is 0 Å². The van der Waals surface area contributed by atoms with Crippen molar-refractivity contribution in [3.05, 3.63) is 47.8 Å². The van der Waals surface area contributed by atoms with Gasteiger partial charge < -0.3 is 10.6 Å². The van der Waals surface area contributed by atoms with Crippen molar-refractivity contribution in [2.45, 2.75) is 20.3 Å². The van der Waals surface area contributed by atoms with E-state index in [1.54, 1.807) is 23.0 Å². The number of amides is 2. The predicted molar refractivity (Wildman–Crippen MR) is 96.3 cm³/mol. The topological polar surface area (TPSA) is 88.9 Å². The van der Waals surface area contributed by atoms with Crippen molar-refractivity contribution in [2.75, 3.05) is 10.6 Å². The van der Waals surface area contributed by atoms with Gasteiger partial charge in [-0.3, -0.25) is 14.3 Å². The zero-order valence-electron chi connectivity index (χ0n) is 14.3. The zero-order valence-corrected chi connectivity index (χ0v) is 14.3. The number of aromatic nitrogens is 3. The van der Waals surface area contributed by atoms with E-state index in [-0.39, 0.29) is 18.2 Å². The molecule has 3 rings (SSSR count). The van der Waals surface area contributed by atoms with Gasteiger partial charge in [-0.25, -0.2) is 4.98 Å². The number of anilines is 2. The molecular formula is C18H19N5O2. The van der Waals surface area contributed by atoms with Crippen LogP contribution in [0.4, 0.5) is 11.4 Å². The summed E-state index contributed by atoms with van der Waals surface area (Å²) in [5.41, 5.74) is 3.86. The molecule has 0 aliphatic heterocycles. The van der Waals surface area contributed by atoms with Gasteiger partial charge in [0.1, 0.15) is 0 Å². The highest BCUT2D eigenvalue weighted by Crippen LogP contribution is 2.19. The summed E-state index contributed by atoms with van der Waals surface area (Å²) in [6.07, 6.45) is 1.87. The first-order valence-corrected chi connectivity index (χ1v) is 7.88. The minimum absolute atomic E-state index is 0.126. The molecule has 2 amide bonds. The maximum absolute atomic E-state index is 12.2. The highest BCUT2D eigenvalue weighted by Gasteiger charge is 2.09. The number of pyridine rings is 1. The van der Waals surface area contributed by atoms with E-state index in [2.05, 4.69) is 20.7 Å². The Labute approximate surface area is 145 Å². The highest BCUT2D eigenvalue weighted by atomic mass is 16.2. The Balaban J connectivity index is 1.68. The molecule has 2 N–H and O–H groups in total. The van der Waals surface area contributed by atoms with Gasteiger partial charge in [0.15, 0.2) is 5.65 Å². The molecule has 25 heavy (non-hydrogen) atoms. The van der Waals surface area contributed by atoms with Crippen LogP contribution in [-0.4, -0.2) is 26.6 Å². The Morgan fingerprint density at radius 3 is 2.52 bits per heavy atom. The summed E-state index contributed by atoms with van der Waals surface area (Å²) in [5.74, 6) is -0.256. The first-order chi connectivity index (χ1) is 11.9. The predicted octanol–water partition coefficient (Wildman–Crippen LogP) is 2.42. The number of aryl methyl sites for hydroxylation is 2. The molecule has 7 nitrogen and oxygen atoms in total. The van der Waals surface area contributed by atoms with Crippen LogP contribution in [0, 0.1) is 6.92 Å². The lowest BCUT2D eigenvalue weighted by Crippen LogP contribution is -2.14. The maximum Gasteiger partial charge on any atom is 0.228 e. The van der Waals surface area contributed by atoms with Crippen molar-refractivity contribution >= 4 is 34.2 Å². The van der Waals surface area contributed by atoms with E-state index in [4.69, 9.17) is 0 Å². The number of hydrogen-bond acceptors (Lipinski definition) is 4. The number of nitrogens with one attached hydrogen (secondary N) is 2. The molecule has 2 heterocycles. The summed E-state index contributed by atoms with van der Waals surface area (Å²) in [7, 11) is 1.84. The number of carbonyl (C=O) groups excluding carboxylic acids is 2. The molecule has 0 unspecified atom stereocenters. The molecule has 0 spiro atoms. The molecule has 0 saturated carbocycles. The summed E-state index contributed by atoms with van der Waals surface area (Å²) in [5, 5.41) is 10.8. The average Bonchev–Trinajstić information content (AvgIpc) is 2.83. The molecule has 0 aliphatic rings. The molecule has 0 saturated heterocycles. The van der Waals surface area contributed by atoms with E-state index in [1.165, 1.54) is 6.92 Å². The van der Waals surface area contributed by atoms with Crippen molar-refractivity contribution in [1.82, 2.24) is 14.8 Å². The Bertz CT molecular complexity index is 944. The molecule has 2 aromatic heterocycles. The molecular weight excluding hydrogens is 318 g/mol. The van der Waals surface area contributed by atoms with Crippen LogP contribution < -0.4 is 10.6 Å². The molecule has 128 valence electrons. The number of nitrogens with zero attached hydrogens (tertiary/aromatic N) is 3. The summed E-state index contributed by atoms with van der Waals surface area (Å²) in [6.45, 7) is 3.36. The minimum Gasteiger partial charge on any atom is -0.326 e. The Morgan fingerprint density at radius 2 is 1.84 bits per heavy atom. The Morgan fingerprint density at radius 1 is 1.12 bits per heavy atom. The molecule has 1 aromatic carbocycles. The van der Waals surface area contributed by atoms with Crippen molar-refractivity contribution in [3.63, 3.8) is 0 Å². The van der Waals surface area contributed by atoms with Gasteiger partial charge in [0.2, 0.25) is 11.8 Å². The summed E-state index contributed by atoms with van der Waals surface area (Å²) in [6, 6.07) is 9.06. The minimum atomic E-state index is -0.130. The third kappa shape index (κ3) is 3.82. The summed E-state index contributed by atoms with van der Waals surface area (Å²) < 4.78 is 1.72. The van der Waals surface area contributed by atoms with Crippen LogP contribution in [0.2, 0.25) is 0 Å². The van der Waals surface area contributed by atoms with Crippen molar-refractivity contribution < 1.29 is 9.59 Å². The molecule has 0 aliphatic carbocycles. The van der Waals surface area contributed by atoms with E-state index < -0.39 is 0 Å². The van der Waals surface area contributed by atoms with E-state index >= 15 is 0 Å². The number of fused-ring (bicyclic) bond motifs is 1. The van der Waals surface area contributed by atoms with Crippen molar-refractivity contribution in [2.24, 2.45) is 7.05 Å². The van der Waals surface area contributed by atoms with Crippen LogP contribution in [-0.2, 0) is 23.1 Å². The second-order valence-electron chi connectivity index (χ2n) is 5.91. The first kappa shape index (κ1) is 16.6. The standard InChI is InChI=1S/C18H19N5O2/c1-11-16-9-15(10-19-18(16)23(3)22-11)21-17(25)8-13-4-6-14(7-5-13)20-12(2)24/h4-7,9-10H,8H2,1-3H3,(H,20,24)(H,21,25). The largest absolute Gasteiger partial charge is 0.326 e. The third-order valence-electron chi connectivity index (χ3n) is 3.79. The SMILES string of the molecule is CC(=O)Nc1ccc(CC(=O)Nc2cnc3c(c2)c(C)nn3C)cc1. The van der Waals surface area contributed by atoms with Gasteiger partial charge in [-0.2, -0.15) is 5.10 Å². The van der Waals surface area contributed by atoms with Gasteiger partial charge in [-0.15, -0.1) is 0 Å². The number of rotatable bonds is 4. The second kappa shape index (κ2) is 6.72. The highest BCUT2D eigenvalue weighted by molar-refractivity contribution is 5.94. The average molecular weight is 337 g/mol. The normalized spacial score (nSPS) is 10.7. The van der Waals surface area contributed by atoms with Crippen LogP contribution in [0.25, 0.3) is 11.0 Å². The van der Waals surface area contributed by atoms with Crippen LogP contribution in [0.3, 0.4) is 0 Å². The quantitative estimate of drug-likeness (QED) is 0.765. The zero-order chi connectivity index (χ0) is 18.0. The fourth-order valence-electron chi connectivity index (χ4n) is 2.68. The lowest BCUT2D eigenvalue weighted by Gasteiger charge is -2.07. The third-order valence-corrected chi connectivity index (χ3v) is 3.79. The summed E-state index contributed by atoms with van der Waals surface area (Å²) in [4.78, 5) is 27.6. The Kier molecular flexibility index (Phi) is 4.47. The van der Waals surface area contributed by atoms with E-state index in [1.807, 2.05) is 32.2 Å². The second-order valence-corrected chi connectivity index (χ2v) is 5.91. The number of hydrogen-bond donors (Lipinski definition) is 2. The molecule has 7 heteroatoms. The van der Waals surface area contributed by atoms with Crippen LogP contribution in [0.1, 0.15) is 18.2 Å². The monoisotopic (exact) mass is 337 g/mol. The molecule has 0 bridgehead atoms. The fraction of sp³-hybridized carbons (Fsp3) is 0.222. The van der Waals surface area contributed by atoms with Crippen LogP contribution in [0.5, 0.6) is 0 Å². The smallest absolute Gasteiger partial charge is 0.228 e. The lowest BCUT2D eigenvalue weighted by molar-refractivity contribution is -0.116. The summed E-state index contributed by atoms with van der Waals surface area (Å²) >= 11 is 0. The first-order valence-electron chi connectivity index (χ1n) is 7.88. The fourth-order valence-corrected chi connectivity index (χ4v) is 2.68. The van der Waals surface area contributed by atoms with E-state index in [0.717, 1.165) is 22.3 Å². The maximum atomic E-state index is 12.2. The van der Waals surface area contributed by atoms with E-state index in [9.17, 15) is 9.59 Å². The van der Waals surface area contributed by atoms with Gasteiger partial charge >= 0.3 is 0 Å². The van der Waals surface area contributed by atoms with Crippen LogP contribution in [0.15, 0.2) is 36.5 Å². The van der Waals surface area contributed by atoms with Gasteiger partial charge in [0, 0.05) is 25.0 Å². The molecule has 3 aromatic rings.